The van der Waals surface area contributed by atoms with Crippen LogP contribution in [0.25, 0.3) is 0 Å². The van der Waals surface area contributed by atoms with Crippen molar-refractivity contribution in [2.24, 2.45) is 0 Å². The van der Waals surface area contributed by atoms with Gasteiger partial charge in [0.1, 0.15) is 0 Å². The lowest BCUT2D eigenvalue weighted by atomic mass is 9.72. The lowest BCUT2D eigenvalue weighted by molar-refractivity contribution is -0.139. The third-order valence-electron chi connectivity index (χ3n) is 6.19. The normalized spacial score (nSPS) is 22.2. The molecule has 29 heavy (non-hydrogen) atoms. The second kappa shape index (κ2) is 8.43. The van der Waals surface area contributed by atoms with E-state index in [1.165, 1.54) is 5.56 Å². The minimum absolute atomic E-state index is 0.183. The van der Waals surface area contributed by atoms with Crippen LogP contribution in [-0.4, -0.2) is 35.9 Å². The molecular weight excluding hydrogens is 366 g/mol. The summed E-state index contributed by atoms with van der Waals surface area (Å²) in [6.45, 7) is 3.91. The highest BCUT2D eigenvalue weighted by atomic mass is 16.5. The van der Waals surface area contributed by atoms with Gasteiger partial charge in [0.15, 0.2) is 0 Å². The van der Waals surface area contributed by atoms with E-state index in [1.54, 1.807) is 19.3 Å². The van der Waals surface area contributed by atoms with Crippen molar-refractivity contribution in [3.05, 3.63) is 65.5 Å². The molecule has 4 rings (SSSR count). The number of amides is 1. The van der Waals surface area contributed by atoms with Gasteiger partial charge in [-0.2, -0.15) is 0 Å². The van der Waals surface area contributed by atoms with Gasteiger partial charge >= 0.3 is 0 Å². The monoisotopic (exact) mass is 393 g/mol. The van der Waals surface area contributed by atoms with Gasteiger partial charge in [-0.05, 0) is 48.7 Å². The van der Waals surface area contributed by atoms with Crippen molar-refractivity contribution in [3.8, 4) is 0 Å². The first-order valence-electron chi connectivity index (χ1n) is 10.3. The van der Waals surface area contributed by atoms with Gasteiger partial charge in [-0.25, -0.2) is 0 Å². The number of nitrogens with one attached hydrogen (secondary N) is 2. The fraction of sp³-hybridized carbons (Fsp3) is 0.435. The third-order valence-corrected chi connectivity index (χ3v) is 6.19. The maximum absolute atomic E-state index is 12.5. The molecule has 1 amide bonds. The first-order chi connectivity index (χ1) is 14.2. The fourth-order valence-corrected chi connectivity index (χ4v) is 4.74. The first kappa shape index (κ1) is 19.7. The number of pyridine rings is 1. The van der Waals surface area contributed by atoms with Crippen LogP contribution in [0.15, 0.2) is 48.8 Å². The van der Waals surface area contributed by atoms with Crippen molar-refractivity contribution in [2.75, 3.05) is 13.1 Å². The van der Waals surface area contributed by atoms with Gasteiger partial charge in [0.25, 0.3) is 5.91 Å². The van der Waals surface area contributed by atoms with Gasteiger partial charge in [-0.15, -0.1) is 0 Å². The molecule has 0 unspecified atom stereocenters. The van der Waals surface area contributed by atoms with Crippen LogP contribution >= 0.6 is 0 Å². The number of fused-ring (bicyclic) bond motifs is 2. The second-order valence-corrected chi connectivity index (χ2v) is 7.81. The molecule has 1 aliphatic carbocycles. The molecule has 1 spiro atoms. The van der Waals surface area contributed by atoms with E-state index in [0.717, 1.165) is 37.1 Å². The minimum atomic E-state index is -0.534. The molecule has 1 aromatic carbocycles. The highest BCUT2D eigenvalue weighted by Gasteiger charge is 2.53. The SMILES string of the molecule is CCC(=O)C(=O)N[C@H]1c2ccccc2C2(CCNCC2)[C@@H]1OCc1cccnc1. The van der Waals surface area contributed by atoms with E-state index in [9.17, 15) is 9.59 Å². The zero-order chi connectivity index (χ0) is 20.3. The Labute approximate surface area is 171 Å². The number of benzene rings is 1. The zero-order valence-corrected chi connectivity index (χ0v) is 16.7. The van der Waals surface area contributed by atoms with Crippen molar-refractivity contribution in [3.63, 3.8) is 0 Å². The molecule has 0 radical (unpaired) electrons. The average molecular weight is 393 g/mol. The van der Waals surface area contributed by atoms with Gasteiger partial charge < -0.3 is 15.4 Å². The van der Waals surface area contributed by atoms with Crippen LogP contribution in [0.4, 0.5) is 0 Å². The van der Waals surface area contributed by atoms with Crippen LogP contribution in [-0.2, 0) is 26.3 Å². The van der Waals surface area contributed by atoms with Crippen molar-refractivity contribution < 1.29 is 14.3 Å². The predicted molar refractivity (Wildman–Crippen MR) is 109 cm³/mol. The Balaban J connectivity index is 1.69. The van der Waals surface area contributed by atoms with Crippen LogP contribution in [0.2, 0.25) is 0 Å². The summed E-state index contributed by atoms with van der Waals surface area (Å²) >= 11 is 0. The maximum atomic E-state index is 12.5. The van der Waals surface area contributed by atoms with Crippen molar-refractivity contribution in [1.82, 2.24) is 15.6 Å². The van der Waals surface area contributed by atoms with E-state index in [0.29, 0.717) is 6.61 Å². The van der Waals surface area contributed by atoms with Crippen LogP contribution in [0.5, 0.6) is 0 Å². The van der Waals surface area contributed by atoms with Crippen LogP contribution < -0.4 is 10.6 Å². The van der Waals surface area contributed by atoms with Crippen molar-refractivity contribution in [2.45, 2.75) is 50.4 Å². The van der Waals surface area contributed by atoms with E-state index in [4.69, 9.17) is 4.74 Å². The molecule has 6 nitrogen and oxygen atoms in total. The van der Waals surface area contributed by atoms with E-state index in [2.05, 4.69) is 21.7 Å². The number of ether oxygens (including phenoxy) is 1. The molecule has 1 aromatic heterocycles. The lowest BCUT2D eigenvalue weighted by Crippen LogP contribution is -2.50. The van der Waals surface area contributed by atoms with Gasteiger partial charge in [0, 0.05) is 24.2 Å². The number of carbonyl (C=O) groups is 2. The summed E-state index contributed by atoms with van der Waals surface area (Å²) in [7, 11) is 0. The van der Waals surface area contributed by atoms with Gasteiger partial charge in [0.2, 0.25) is 5.78 Å². The molecule has 0 bridgehead atoms. The first-order valence-corrected chi connectivity index (χ1v) is 10.3. The summed E-state index contributed by atoms with van der Waals surface area (Å²) in [5, 5.41) is 6.43. The number of Topliss-reactive ketones (excluding diaryl/α,β-unsaturated/α-hetero) is 1. The largest absolute Gasteiger partial charge is 0.370 e. The summed E-state index contributed by atoms with van der Waals surface area (Å²) in [6.07, 6.45) is 5.34. The molecule has 1 fully saturated rings. The van der Waals surface area contributed by atoms with E-state index in [-0.39, 0.29) is 24.0 Å². The van der Waals surface area contributed by atoms with Crippen molar-refractivity contribution >= 4 is 11.7 Å². The number of ketones is 1. The molecule has 2 N–H and O–H groups in total. The third kappa shape index (κ3) is 3.70. The number of hydrogen-bond donors (Lipinski definition) is 2. The van der Waals surface area contributed by atoms with Crippen LogP contribution in [0.1, 0.15) is 48.9 Å². The second-order valence-electron chi connectivity index (χ2n) is 7.81. The topological polar surface area (TPSA) is 80.3 Å². The average Bonchev–Trinajstić information content (AvgIpc) is 3.01. The Bertz CT molecular complexity index is 878. The summed E-state index contributed by atoms with van der Waals surface area (Å²) in [5.74, 6) is -0.937. The Hall–Kier alpha value is -2.57. The molecule has 6 heteroatoms. The van der Waals surface area contributed by atoms with Crippen LogP contribution in [0, 0.1) is 0 Å². The molecule has 1 saturated heterocycles. The quantitative estimate of drug-likeness (QED) is 0.737. The summed E-state index contributed by atoms with van der Waals surface area (Å²) < 4.78 is 6.50. The minimum Gasteiger partial charge on any atom is -0.370 e. The molecule has 2 heterocycles. The summed E-state index contributed by atoms with van der Waals surface area (Å²) in [5.41, 5.74) is 3.09. The number of carbonyl (C=O) groups excluding carboxylic acids is 2. The van der Waals surface area contributed by atoms with E-state index < -0.39 is 11.7 Å². The van der Waals surface area contributed by atoms with Gasteiger partial charge in [-0.1, -0.05) is 37.3 Å². The molecule has 0 saturated carbocycles. The van der Waals surface area contributed by atoms with Gasteiger partial charge in [0.05, 0.1) is 18.8 Å². The Morgan fingerprint density at radius 2 is 2.00 bits per heavy atom. The molecule has 152 valence electrons. The standard InChI is InChI=1S/C23H27N3O3/c1-2-19(27)22(28)26-20-17-7-3-4-8-18(17)23(9-12-24-13-10-23)21(20)29-15-16-6-5-11-25-14-16/h3-8,11,14,20-21,24H,2,9-10,12-13,15H2,1H3,(H,26,28)/t20-,21+/m0/s1. The van der Waals surface area contributed by atoms with Crippen LogP contribution in [0.3, 0.4) is 0 Å². The summed E-state index contributed by atoms with van der Waals surface area (Å²) in [6, 6.07) is 11.8. The molecule has 2 aromatic rings. The molecular formula is C23H27N3O3. The fourth-order valence-electron chi connectivity index (χ4n) is 4.74. The van der Waals surface area contributed by atoms with Gasteiger partial charge in [-0.3, -0.25) is 14.6 Å². The highest BCUT2D eigenvalue weighted by Crippen LogP contribution is 2.51. The number of piperidine rings is 1. The predicted octanol–water partition coefficient (Wildman–Crippen LogP) is 2.44. The lowest BCUT2D eigenvalue weighted by Gasteiger charge is -2.41. The van der Waals surface area contributed by atoms with Crippen molar-refractivity contribution in [1.29, 1.82) is 0 Å². The smallest absolute Gasteiger partial charge is 0.287 e. The number of nitrogens with zero attached hydrogens (tertiary/aromatic N) is 1. The molecule has 2 aliphatic rings. The van der Waals surface area contributed by atoms with E-state index in [1.807, 2.05) is 30.3 Å². The maximum Gasteiger partial charge on any atom is 0.287 e. The number of rotatable bonds is 6. The molecule has 2 atom stereocenters. The Morgan fingerprint density at radius 1 is 1.21 bits per heavy atom. The number of hydrogen-bond acceptors (Lipinski definition) is 5. The zero-order valence-electron chi connectivity index (χ0n) is 16.7. The Kier molecular flexibility index (Phi) is 5.74. The summed E-state index contributed by atoms with van der Waals surface area (Å²) in [4.78, 5) is 28.7. The van der Waals surface area contributed by atoms with E-state index >= 15 is 0 Å². The Morgan fingerprint density at radius 3 is 2.72 bits per heavy atom. The highest BCUT2D eigenvalue weighted by molar-refractivity contribution is 6.36. The number of aromatic nitrogens is 1. The molecule has 1 aliphatic heterocycles.